The van der Waals surface area contributed by atoms with E-state index in [4.69, 9.17) is 9.47 Å². The Bertz CT molecular complexity index is 796. The summed E-state index contributed by atoms with van der Waals surface area (Å²) in [7, 11) is 0. The minimum Gasteiger partial charge on any atom is -0.494 e. The Balaban J connectivity index is 1.63. The van der Waals surface area contributed by atoms with Gasteiger partial charge in [-0.2, -0.15) is 0 Å². The van der Waals surface area contributed by atoms with Gasteiger partial charge in [0.15, 0.2) is 0 Å². The van der Waals surface area contributed by atoms with Gasteiger partial charge in [-0.05, 0) is 44.2 Å². The van der Waals surface area contributed by atoms with Crippen LogP contribution in [0.3, 0.4) is 0 Å². The van der Waals surface area contributed by atoms with E-state index in [0.29, 0.717) is 18.8 Å². The maximum atomic E-state index is 11.7. The molecule has 1 aromatic heterocycles. The van der Waals surface area contributed by atoms with Crippen molar-refractivity contribution in [3.05, 3.63) is 40.7 Å². The number of ether oxygens (including phenoxy) is 2. The summed E-state index contributed by atoms with van der Waals surface area (Å²) in [6, 6.07) is 7.16. The van der Waals surface area contributed by atoms with E-state index in [1.165, 1.54) is 6.33 Å². The fourth-order valence-electron chi connectivity index (χ4n) is 3.04. The van der Waals surface area contributed by atoms with Gasteiger partial charge in [0.05, 0.1) is 24.7 Å². The number of benzene rings is 1. The Labute approximate surface area is 169 Å². The summed E-state index contributed by atoms with van der Waals surface area (Å²) >= 11 is 0. The monoisotopic (exact) mass is 402 g/mol. The molecule has 0 aliphatic carbocycles. The minimum absolute atomic E-state index is 0.143. The predicted octanol–water partition coefficient (Wildman–Crippen LogP) is 2.66. The normalized spacial score (nSPS) is 14.4. The zero-order valence-corrected chi connectivity index (χ0v) is 16.5. The lowest BCUT2D eigenvalue weighted by molar-refractivity contribution is -0.383. The molecule has 2 N–H and O–H groups in total. The number of anilines is 3. The van der Waals surface area contributed by atoms with Gasteiger partial charge in [-0.3, -0.25) is 15.0 Å². The molecule has 1 aromatic carbocycles. The van der Waals surface area contributed by atoms with E-state index >= 15 is 0 Å². The third kappa shape index (κ3) is 6.00. The molecule has 10 heteroatoms. The summed E-state index contributed by atoms with van der Waals surface area (Å²) in [5.74, 6) is 1.09. The van der Waals surface area contributed by atoms with Gasteiger partial charge in [-0.1, -0.05) is 0 Å². The lowest BCUT2D eigenvalue weighted by Gasteiger charge is -2.26. The van der Waals surface area contributed by atoms with Gasteiger partial charge in [0.2, 0.25) is 11.6 Å². The van der Waals surface area contributed by atoms with Crippen molar-refractivity contribution in [2.45, 2.75) is 13.3 Å². The highest BCUT2D eigenvalue weighted by Gasteiger charge is 2.23. The Morgan fingerprint density at radius 1 is 1.21 bits per heavy atom. The third-order valence-electron chi connectivity index (χ3n) is 4.48. The van der Waals surface area contributed by atoms with Gasteiger partial charge in [0.1, 0.15) is 12.1 Å². The first-order valence-corrected chi connectivity index (χ1v) is 9.70. The van der Waals surface area contributed by atoms with Crippen LogP contribution in [-0.4, -0.2) is 65.8 Å². The summed E-state index contributed by atoms with van der Waals surface area (Å²) in [6.07, 6.45) is 2.16. The number of morpholine rings is 1. The molecular formula is C19H26N6O4. The lowest BCUT2D eigenvalue weighted by atomic mass is 10.3. The number of nitrogens with one attached hydrogen (secondary N) is 2. The second kappa shape index (κ2) is 10.5. The van der Waals surface area contributed by atoms with Gasteiger partial charge in [-0.15, -0.1) is 0 Å². The molecule has 0 radical (unpaired) electrons. The van der Waals surface area contributed by atoms with Crippen molar-refractivity contribution in [1.82, 2.24) is 14.9 Å². The Hall–Kier alpha value is -2.98. The second-order valence-corrected chi connectivity index (χ2v) is 6.49. The van der Waals surface area contributed by atoms with Crippen molar-refractivity contribution < 1.29 is 14.4 Å². The van der Waals surface area contributed by atoms with E-state index in [-0.39, 0.29) is 17.3 Å². The summed E-state index contributed by atoms with van der Waals surface area (Å²) < 4.78 is 10.7. The molecule has 0 bridgehead atoms. The molecule has 0 saturated carbocycles. The van der Waals surface area contributed by atoms with Crippen molar-refractivity contribution in [3.63, 3.8) is 0 Å². The summed E-state index contributed by atoms with van der Waals surface area (Å²) in [6.45, 7) is 7.32. The van der Waals surface area contributed by atoms with Crippen LogP contribution in [0.25, 0.3) is 0 Å². The summed E-state index contributed by atoms with van der Waals surface area (Å²) in [5, 5.41) is 17.7. The van der Waals surface area contributed by atoms with E-state index in [9.17, 15) is 10.1 Å². The Morgan fingerprint density at radius 3 is 2.62 bits per heavy atom. The standard InChI is InChI=1S/C19H26N6O4/c1-2-29-16-6-4-15(5-7-16)23-19-17(25(26)27)18(21-14-22-19)20-8-3-9-24-10-12-28-13-11-24/h4-7,14H,2-3,8-13H2,1H3,(H2,20,21,22,23). The highest BCUT2D eigenvalue weighted by molar-refractivity contribution is 5.73. The zero-order chi connectivity index (χ0) is 20.5. The van der Waals surface area contributed by atoms with Crippen molar-refractivity contribution in [2.24, 2.45) is 0 Å². The first kappa shape index (κ1) is 20.7. The summed E-state index contributed by atoms with van der Waals surface area (Å²) in [4.78, 5) is 21.6. The number of nitrogens with zero attached hydrogens (tertiary/aromatic N) is 4. The molecule has 1 aliphatic rings. The number of hydrogen-bond acceptors (Lipinski definition) is 9. The Morgan fingerprint density at radius 2 is 1.93 bits per heavy atom. The van der Waals surface area contributed by atoms with Crippen LogP contribution in [0.15, 0.2) is 30.6 Å². The molecule has 1 saturated heterocycles. The SMILES string of the molecule is CCOc1ccc(Nc2ncnc(NCCCN3CCOCC3)c2[N+](=O)[O-])cc1. The quantitative estimate of drug-likeness (QED) is 0.351. The molecule has 2 aromatic rings. The summed E-state index contributed by atoms with van der Waals surface area (Å²) in [5.41, 5.74) is 0.501. The zero-order valence-electron chi connectivity index (χ0n) is 16.5. The average molecular weight is 402 g/mol. The fraction of sp³-hybridized carbons (Fsp3) is 0.474. The average Bonchev–Trinajstić information content (AvgIpc) is 2.73. The van der Waals surface area contributed by atoms with Crippen molar-refractivity contribution >= 4 is 23.0 Å². The van der Waals surface area contributed by atoms with Crippen LogP contribution < -0.4 is 15.4 Å². The molecule has 1 fully saturated rings. The molecule has 3 rings (SSSR count). The molecule has 10 nitrogen and oxygen atoms in total. The van der Waals surface area contributed by atoms with Gasteiger partial charge in [-0.25, -0.2) is 9.97 Å². The van der Waals surface area contributed by atoms with Crippen LogP contribution in [0, 0.1) is 10.1 Å². The van der Waals surface area contributed by atoms with E-state index in [1.54, 1.807) is 24.3 Å². The molecule has 29 heavy (non-hydrogen) atoms. The fourth-order valence-corrected chi connectivity index (χ4v) is 3.04. The predicted molar refractivity (Wildman–Crippen MR) is 110 cm³/mol. The maximum absolute atomic E-state index is 11.7. The third-order valence-corrected chi connectivity index (χ3v) is 4.48. The largest absolute Gasteiger partial charge is 0.494 e. The maximum Gasteiger partial charge on any atom is 0.353 e. The van der Waals surface area contributed by atoms with E-state index in [1.807, 2.05) is 6.92 Å². The van der Waals surface area contributed by atoms with Crippen molar-refractivity contribution in [2.75, 3.05) is 56.6 Å². The van der Waals surface area contributed by atoms with E-state index < -0.39 is 4.92 Å². The topological polar surface area (TPSA) is 115 Å². The first-order valence-electron chi connectivity index (χ1n) is 9.70. The second-order valence-electron chi connectivity index (χ2n) is 6.49. The lowest BCUT2D eigenvalue weighted by Crippen LogP contribution is -2.37. The molecule has 1 aliphatic heterocycles. The molecule has 0 spiro atoms. The molecule has 156 valence electrons. The number of rotatable bonds is 10. The van der Waals surface area contributed by atoms with E-state index in [2.05, 4.69) is 25.5 Å². The molecule has 0 amide bonds. The number of aromatic nitrogens is 2. The minimum atomic E-state index is -0.471. The van der Waals surface area contributed by atoms with Crippen molar-refractivity contribution in [1.29, 1.82) is 0 Å². The highest BCUT2D eigenvalue weighted by atomic mass is 16.6. The first-order chi connectivity index (χ1) is 14.2. The van der Waals surface area contributed by atoms with E-state index in [0.717, 1.165) is 45.0 Å². The van der Waals surface area contributed by atoms with Crippen molar-refractivity contribution in [3.8, 4) is 5.75 Å². The molecule has 0 unspecified atom stereocenters. The smallest absolute Gasteiger partial charge is 0.353 e. The van der Waals surface area contributed by atoms with Gasteiger partial charge in [0, 0.05) is 25.3 Å². The Kier molecular flexibility index (Phi) is 7.54. The highest BCUT2D eigenvalue weighted by Crippen LogP contribution is 2.31. The van der Waals surface area contributed by atoms with Gasteiger partial charge < -0.3 is 20.1 Å². The van der Waals surface area contributed by atoms with Gasteiger partial charge >= 0.3 is 5.69 Å². The van der Waals surface area contributed by atoms with Crippen LogP contribution in [0.1, 0.15) is 13.3 Å². The number of hydrogen-bond donors (Lipinski definition) is 2. The van der Waals surface area contributed by atoms with Crippen LogP contribution >= 0.6 is 0 Å². The molecular weight excluding hydrogens is 376 g/mol. The van der Waals surface area contributed by atoms with Crippen LogP contribution in [0.5, 0.6) is 5.75 Å². The van der Waals surface area contributed by atoms with Crippen LogP contribution in [0.4, 0.5) is 23.0 Å². The van der Waals surface area contributed by atoms with Gasteiger partial charge in [0.25, 0.3) is 0 Å². The molecule has 2 heterocycles. The number of nitro groups is 1. The molecule has 0 atom stereocenters. The van der Waals surface area contributed by atoms with Crippen LogP contribution in [0.2, 0.25) is 0 Å². The van der Waals surface area contributed by atoms with Crippen LogP contribution in [-0.2, 0) is 4.74 Å².